The highest BCUT2D eigenvalue weighted by Crippen LogP contribution is 2.58. The number of methoxy groups -OCH3 is 1. The molecule has 194 valence electrons. The molecule has 1 aliphatic heterocycles. The number of fused-ring (bicyclic) bond motifs is 4. The van der Waals surface area contributed by atoms with Crippen LogP contribution in [-0.4, -0.2) is 71.0 Å². The van der Waals surface area contributed by atoms with Crippen LogP contribution in [0.4, 0.5) is 0 Å². The zero-order valence-electron chi connectivity index (χ0n) is 21.7. The smallest absolute Gasteiger partial charge is 0.179 e. The number of ether oxygens (including phenoxy) is 1. The first-order chi connectivity index (χ1) is 16.3. The van der Waals surface area contributed by atoms with Crippen molar-refractivity contribution in [2.45, 2.75) is 94.4 Å². The molecule has 0 amide bonds. The Morgan fingerprint density at radius 2 is 2.00 bits per heavy atom. The van der Waals surface area contributed by atoms with Crippen molar-refractivity contribution in [2.24, 2.45) is 5.92 Å². The number of benzene rings is 1. The van der Waals surface area contributed by atoms with E-state index in [9.17, 15) is 10.2 Å². The summed E-state index contributed by atoms with van der Waals surface area (Å²) < 4.78 is 11.2. The minimum Gasteiger partial charge on any atom is -0.504 e. The van der Waals surface area contributed by atoms with Crippen LogP contribution < -0.4 is 4.18 Å². The van der Waals surface area contributed by atoms with E-state index in [1.807, 2.05) is 19.9 Å². The van der Waals surface area contributed by atoms with E-state index in [1.54, 1.807) is 7.11 Å². The van der Waals surface area contributed by atoms with E-state index in [0.717, 1.165) is 63.8 Å². The number of aliphatic hydroxyl groups is 2. The molecule has 6 nitrogen and oxygen atoms in total. The standard InChI is InChI=1S/C26H41NO4S.CH4O/c1-5-6-12-26-13-14-27(16-19-8-7-9-19)22(25(26,3)29)15-20-10-11-21(24(28)23(20)26)31-32-18(2)17-30-4;1-2/h10-11,18-19,22,28-29H,5-9,12-17H2,1-4H3;2H,1H3. The number of piperidine rings is 1. The third-order valence-electron chi connectivity index (χ3n) is 8.38. The summed E-state index contributed by atoms with van der Waals surface area (Å²) in [7, 11) is 2.68. The molecule has 1 aromatic carbocycles. The van der Waals surface area contributed by atoms with Gasteiger partial charge in [0.25, 0.3) is 0 Å². The van der Waals surface area contributed by atoms with Gasteiger partial charge in [0.2, 0.25) is 0 Å². The van der Waals surface area contributed by atoms with E-state index in [0.29, 0.717) is 12.4 Å². The quantitative estimate of drug-likeness (QED) is 0.407. The van der Waals surface area contributed by atoms with Crippen molar-refractivity contribution in [2.75, 3.05) is 33.9 Å². The van der Waals surface area contributed by atoms with Gasteiger partial charge in [-0.25, -0.2) is 0 Å². The van der Waals surface area contributed by atoms with Crippen molar-refractivity contribution >= 4 is 12.0 Å². The van der Waals surface area contributed by atoms with Crippen LogP contribution in [0.5, 0.6) is 11.5 Å². The SMILES string of the molecule is CCCCC12CCN(CC3CCC3)C(Cc3ccc(OSC(C)COC)c(O)c31)C2(C)O.CO. The molecule has 0 radical (unpaired) electrons. The van der Waals surface area contributed by atoms with Crippen LogP contribution >= 0.6 is 12.0 Å². The molecule has 2 bridgehead atoms. The summed E-state index contributed by atoms with van der Waals surface area (Å²) in [6, 6.07) is 4.13. The molecule has 1 heterocycles. The van der Waals surface area contributed by atoms with E-state index >= 15 is 0 Å². The maximum absolute atomic E-state index is 12.1. The monoisotopic (exact) mass is 495 g/mol. The Morgan fingerprint density at radius 3 is 2.62 bits per heavy atom. The summed E-state index contributed by atoms with van der Waals surface area (Å²) in [5.74, 6) is 1.51. The lowest BCUT2D eigenvalue weighted by Crippen LogP contribution is -2.70. The predicted molar refractivity (Wildman–Crippen MR) is 139 cm³/mol. The van der Waals surface area contributed by atoms with Gasteiger partial charge in [-0.2, -0.15) is 0 Å². The summed E-state index contributed by atoms with van der Waals surface area (Å²) in [4.78, 5) is 2.56. The molecule has 3 aliphatic rings. The van der Waals surface area contributed by atoms with Crippen LogP contribution in [0.15, 0.2) is 12.1 Å². The highest BCUT2D eigenvalue weighted by molar-refractivity contribution is 7.95. The summed E-state index contributed by atoms with van der Waals surface area (Å²) in [6.07, 6.45) is 8.65. The van der Waals surface area contributed by atoms with E-state index in [4.69, 9.17) is 14.0 Å². The van der Waals surface area contributed by atoms with Crippen molar-refractivity contribution in [3.8, 4) is 11.5 Å². The molecule has 4 rings (SSSR count). The Balaban J connectivity index is 0.00000158. The number of hydrogen-bond acceptors (Lipinski definition) is 7. The first-order valence-electron chi connectivity index (χ1n) is 12.9. The molecule has 3 N–H and O–H groups in total. The van der Waals surface area contributed by atoms with Gasteiger partial charge in [0.1, 0.15) is 0 Å². The van der Waals surface area contributed by atoms with Gasteiger partial charge < -0.3 is 24.2 Å². The molecule has 1 saturated carbocycles. The number of unbranched alkanes of at least 4 members (excludes halogenated alkanes) is 1. The van der Waals surface area contributed by atoms with Crippen LogP contribution in [-0.2, 0) is 16.6 Å². The lowest BCUT2D eigenvalue weighted by Gasteiger charge is -2.61. The zero-order valence-corrected chi connectivity index (χ0v) is 22.5. The lowest BCUT2D eigenvalue weighted by molar-refractivity contribution is -0.142. The Kier molecular flexibility index (Phi) is 9.60. The highest BCUT2D eigenvalue weighted by Gasteiger charge is 2.61. The molecule has 0 spiro atoms. The number of phenolic OH excluding ortho intramolecular Hbond substituents is 1. The van der Waals surface area contributed by atoms with Gasteiger partial charge in [0, 0.05) is 37.8 Å². The number of aliphatic hydroxyl groups excluding tert-OH is 1. The van der Waals surface area contributed by atoms with Gasteiger partial charge in [-0.1, -0.05) is 32.3 Å². The molecule has 7 heteroatoms. The summed E-state index contributed by atoms with van der Waals surface area (Å²) >= 11 is 1.32. The maximum Gasteiger partial charge on any atom is 0.179 e. The Morgan fingerprint density at radius 1 is 1.26 bits per heavy atom. The van der Waals surface area contributed by atoms with Gasteiger partial charge in [0.15, 0.2) is 11.5 Å². The molecule has 4 atom stereocenters. The first-order valence-corrected chi connectivity index (χ1v) is 13.7. The average molecular weight is 496 g/mol. The number of rotatable bonds is 10. The summed E-state index contributed by atoms with van der Waals surface area (Å²) in [5.41, 5.74) is 0.789. The molecule has 1 saturated heterocycles. The highest BCUT2D eigenvalue weighted by atomic mass is 32.2. The van der Waals surface area contributed by atoms with Crippen LogP contribution in [0.1, 0.15) is 76.8 Å². The largest absolute Gasteiger partial charge is 0.504 e. The summed E-state index contributed by atoms with van der Waals surface area (Å²) in [5, 5.41) is 30.7. The normalized spacial score (nSPS) is 29.4. The second-order valence-corrected chi connectivity index (χ2v) is 11.7. The minimum atomic E-state index is -0.885. The fourth-order valence-corrected chi connectivity index (χ4v) is 6.91. The van der Waals surface area contributed by atoms with E-state index in [-0.39, 0.29) is 17.0 Å². The molecule has 34 heavy (non-hydrogen) atoms. The van der Waals surface area contributed by atoms with Gasteiger partial charge in [0.05, 0.1) is 29.5 Å². The van der Waals surface area contributed by atoms with Gasteiger partial charge in [-0.05, 0) is 70.0 Å². The Hall–Kier alpha value is -0.990. The summed E-state index contributed by atoms with van der Waals surface area (Å²) in [6.45, 7) is 8.95. The fourth-order valence-electron chi connectivity index (χ4n) is 6.32. The number of phenols is 1. The van der Waals surface area contributed by atoms with Crippen LogP contribution in [0, 0.1) is 5.92 Å². The third kappa shape index (κ3) is 5.10. The molecular formula is C27H45NO5S. The van der Waals surface area contributed by atoms with Crippen molar-refractivity contribution in [1.82, 2.24) is 4.90 Å². The van der Waals surface area contributed by atoms with E-state index in [2.05, 4.69) is 17.9 Å². The van der Waals surface area contributed by atoms with Crippen molar-refractivity contribution in [1.29, 1.82) is 0 Å². The topological polar surface area (TPSA) is 82.4 Å². The number of likely N-dealkylation sites (tertiary alicyclic amines) is 1. The average Bonchev–Trinajstić information content (AvgIpc) is 2.78. The molecule has 2 fully saturated rings. The fraction of sp³-hybridized carbons (Fsp3) is 0.778. The predicted octanol–water partition coefficient (Wildman–Crippen LogP) is 4.67. The third-order valence-corrected chi connectivity index (χ3v) is 9.12. The van der Waals surface area contributed by atoms with Crippen molar-refractivity contribution < 1.29 is 24.2 Å². The molecule has 0 aromatic heterocycles. The Bertz CT molecular complexity index is 799. The lowest BCUT2D eigenvalue weighted by atomic mass is 9.53. The van der Waals surface area contributed by atoms with Crippen molar-refractivity contribution in [3.05, 3.63) is 23.3 Å². The number of nitrogens with zero attached hydrogens (tertiary/aromatic N) is 1. The number of aromatic hydroxyl groups is 1. The second-order valence-electron chi connectivity index (χ2n) is 10.5. The van der Waals surface area contributed by atoms with Crippen LogP contribution in [0.3, 0.4) is 0 Å². The number of hydrogen-bond donors (Lipinski definition) is 3. The van der Waals surface area contributed by atoms with E-state index in [1.165, 1.54) is 36.9 Å². The molecular weight excluding hydrogens is 450 g/mol. The zero-order chi connectivity index (χ0) is 24.9. The molecule has 4 unspecified atom stereocenters. The van der Waals surface area contributed by atoms with Gasteiger partial charge >= 0.3 is 0 Å². The van der Waals surface area contributed by atoms with Gasteiger partial charge in [-0.3, -0.25) is 4.90 Å². The van der Waals surface area contributed by atoms with E-state index < -0.39 is 11.0 Å². The Labute approximate surface area is 210 Å². The van der Waals surface area contributed by atoms with Crippen LogP contribution in [0.25, 0.3) is 0 Å². The second kappa shape index (κ2) is 11.8. The maximum atomic E-state index is 12.1. The van der Waals surface area contributed by atoms with Crippen LogP contribution in [0.2, 0.25) is 0 Å². The van der Waals surface area contributed by atoms with Crippen molar-refractivity contribution in [3.63, 3.8) is 0 Å². The molecule has 2 aliphatic carbocycles. The first kappa shape index (κ1) is 27.6. The minimum absolute atomic E-state index is 0.100. The molecule has 1 aromatic rings. The van der Waals surface area contributed by atoms with Gasteiger partial charge in [-0.15, -0.1) is 0 Å².